The normalized spacial score (nSPS) is 17.3. The average Bonchev–Trinajstić information content (AvgIpc) is 2.66. The van der Waals surface area contributed by atoms with Gasteiger partial charge in [-0.15, -0.1) is 0 Å². The van der Waals surface area contributed by atoms with Crippen molar-refractivity contribution in [3.8, 4) is 5.75 Å². The third kappa shape index (κ3) is 5.82. The van der Waals surface area contributed by atoms with Gasteiger partial charge in [-0.25, -0.2) is 0 Å². The summed E-state index contributed by atoms with van der Waals surface area (Å²) in [6.45, 7) is 2.63. The van der Waals surface area contributed by atoms with Gasteiger partial charge < -0.3 is 15.8 Å². The highest BCUT2D eigenvalue weighted by molar-refractivity contribution is 5.92. The van der Waals surface area contributed by atoms with Crippen LogP contribution in [0.4, 0.5) is 0 Å². The number of primary amides is 1. The Morgan fingerprint density at radius 1 is 1.15 bits per heavy atom. The minimum atomic E-state index is -0.449. The molecule has 1 atom stereocenters. The van der Waals surface area contributed by atoms with Gasteiger partial charge in [0.05, 0.1) is 13.2 Å². The fraction of sp³-hybridized carbons (Fsp3) is 0.333. The van der Waals surface area contributed by atoms with Gasteiger partial charge >= 0.3 is 0 Å². The zero-order chi connectivity index (χ0) is 19.1. The van der Waals surface area contributed by atoms with Crippen LogP contribution in [-0.2, 0) is 11.2 Å². The molecule has 2 amide bonds. The number of ether oxygens (including phenoxy) is 1. The molecule has 1 heterocycles. The lowest BCUT2D eigenvalue weighted by atomic mass is 10.0. The van der Waals surface area contributed by atoms with Crippen LogP contribution in [0.3, 0.4) is 0 Å². The lowest BCUT2D eigenvalue weighted by Gasteiger charge is -2.33. The van der Waals surface area contributed by atoms with Gasteiger partial charge in [-0.3, -0.25) is 14.5 Å². The summed E-state index contributed by atoms with van der Waals surface area (Å²) in [5.74, 6) is 0.332. The molecule has 6 nitrogen and oxygen atoms in total. The van der Waals surface area contributed by atoms with Crippen molar-refractivity contribution in [3.05, 3.63) is 65.7 Å². The van der Waals surface area contributed by atoms with Crippen LogP contribution in [0, 0.1) is 0 Å². The van der Waals surface area contributed by atoms with Gasteiger partial charge in [0, 0.05) is 24.7 Å². The monoisotopic (exact) mass is 367 g/mol. The number of rotatable bonds is 8. The van der Waals surface area contributed by atoms with E-state index in [4.69, 9.17) is 10.5 Å². The molecule has 1 fully saturated rings. The molecule has 0 aliphatic carbocycles. The number of nitrogens with zero attached hydrogens (tertiary/aromatic N) is 1. The summed E-state index contributed by atoms with van der Waals surface area (Å²) >= 11 is 0. The van der Waals surface area contributed by atoms with Crippen molar-refractivity contribution in [2.75, 3.05) is 26.2 Å². The van der Waals surface area contributed by atoms with E-state index < -0.39 is 5.91 Å². The summed E-state index contributed by atoms with van der Waals surface area (Å²) < 4.78 is 5.70. The van der Waals surface area contributed by atoms with Crippen molar-refractivity contribution < 1.29 is 14.3 Å². The summed E-state index contributed by atoms with van der Waals surface area (Å²) in [6.07, 6.45) is 1.66. The zero-order valence-electron chi connectivity index (χ0n) is 15.3. The van der Waals surface area contributed by atoms with Gasteiger partial charge in [0.15, 0.2) is 0 Å². The maximum absolute atomic E-state index is 12.0. The number of amides is 2. The number of hydrogen-bond acceptors (Lipinski definition) is 4. The molecule has 0 aromatic heterocycles. The Kier molecular flexibility index (Phi) is 6.44. The highest BCUT2D eigenvalue weighted by atomic mass is 16.5. The quantitative estimate of drug-likeness (QED) is 0.694. The second kappa shape index (κ2) is 9.19. The van der Waals surface area contributed by atoms with Crippen molar-refractivity contribution in [2.45, 2.75) is 18.9 Å². The topological polar surface area (TPSA) is 84.7 Å². The lowest BCUT2D eigenvalue weighted by Crippen LogP contribution is -2.55. The third-order valence-electron chi connectivity index (χ3n) is 4.56. The van der Waals surface area contributed by atoms with Gasteiger partial charge in [0.2, 0.25) is 11.8 Å². The van der Waals surface area contributed by atoms with Gasteiger partial charge in [0.1, 0.15) is 5.75 Å². The Morgan fingerprint density at radius 2 is 1.89 bits per heavy atom. The third-order valence-corrected chi connectivity index (χ3v) is 4.56. The van der Waals surface area contributed by atoms with Crippen LogP contribution in [0.25, 0.3) is 0 Å². The fourth-order valence-corrected chi connectivity index (χ4v) is 3.28. The molecule has 2 aromatic rings. The molecule has 2 aromatic carbocycles. The highest BCUT2D eigenvalue weighted by Gasteiger charge is 2.24. The number of nitrogens with two attached hydrogens (primary N) is 1. The molecule has 1 aliphatic rings. The molecule has 1 saturated heterocycles. The van der Waals surface area contributed by atoms with Crippen LogP contribution >= 0.6 is 0 Å². The molecular formula is C21H25N3O3. The van der Waals surface area contributed by atoms with Crippen LogP contribution in [0.15, 0.2) is 54.6 Å². The smallest absolute Gasteiger partial charge is 0.248 e. The molecule has 0 radical (unpaired) electrons. The van der Waals surface area contributed by atoms with Crippen LogP contribution in [-0.4, -0.2) is 49.0 Å². The first-order chi connectivity index (χ1) is 13.1. The Balaban J connectivity index is 1.42. The number of hydrogen-bond donors (Lipinski definition) is 2. The van der Waals surface area contributed by atoms with Crippen LogP contribution in [0.1, 0.15) is 22.3 Å². The van der Waals surface area contributed by atoms with Gasteiger partial charge in [0.25, 0.3) is 0 Å². The molecule has 3 N–H and O–H groups in total. The number of carbonyl (C=O) groups excluding carboxylic acids is 2. The molecule has 0 bridgehead atoms. The zero-order valence-corrected chi connectivity index (χ0v) is 15.3. The molecular weight excluding hydrogens is 342 g/mol. The predicted molar refractivity (Wildman–Crippen MR) is 104 cm³/mol. The van der Waals surface area contributed by atoms with Crippen LogP contribution in [0.5, 0.6) is 5.75 Å². The van der Waals surface area contributed by atoms with Crippen LogP contribution in [0.2, 0.25) is 0 Å². The molecule has 27 heavy (non-hydrogen) atoms. The van der Waals surface area contributed by atoms with E-state index >= 15 is 0 Å². The van der Waals surface area contributed by atoms with E-state index in [9.17, 15) is 9.59 Å². The van der Waals surface area contributed by atoms with E-state index in [1.54, 1.807) is 24.3 Å². The second-order valence-electron chi connectivity index (χ2n) is 6.78. The van der Waals surface area contributed by atoms with Crippen molar-refractivity contribution in [1.29, 1.82) is 0 Å². The first-order valence-corrected chi connectivity index (χ1v) is 9.18. The maximum Gasteiger partial charge on any atom is 0.248 e. The summed E-state index contributed by atoms with van der Waals surface area (Å²) in [5, 5.41) is 3.08. The van der Waals surface area contributed by atoms with Gasteiger partial charge in [-0.05, 0) is 42.7 Å². The number of piperazine rings is 1. The van der Waals surface area contributed by atoms with E-state index in [2.05, 4.69) is 22.3 Å². The first-order valence-electron chi connectivity index (χ1n) is 9.18. The van der Waals surface area contributed by atoms with E-state index in [0.717, 1.165) is 25.9 Å². The molecule has 3 rings (SSSR count). The Morgan fingerprint density at radius 3 is 2.59 bits per heavy atom. The highest BCUT2D eigenvalue weighted by Crippen LogP contribution is 2.13. The fourth-order valence-electron chi connectivity index (χ4n) is 3.28. The summed E-state index contributed by atoms with van der Waals surface area (Å²) in [6, 6.07) is 17.1. The summed E-state index contributed by atoms with van der Waals surface area (Å²) in [5.41, 5.74) is 6.91. The van der Waals surface area contributed by atoms with Crippen molar-refractivity contribution >= 4 is 11.8 Å². The second-order valence-corrected chi connectivity index (χ2v) is 6.78. The summed E-state index contributed by atoms with van der Waals surface area (Å²) in [7, 11) is 0. The Labute approximate surface area is 159 Å². The Hall–Kier alpha value is -2.86. The van der Waals surface area contributed by atoms with E-state index in [-0.39, 0.29) is 11.9 Å². The van der Waals surface area contributed by atoms with Gasteiger partial charge in [-0.2, -0.15) is 0 Å². The number of nitrogens with one attached hydrogen (secondary N) is 1. The van der Waals surface area contributed by atoms with Crippen molar-refractivity contribution in [3.63, 3.8) is 0 Å². The average molecular weight is 367 g/mol. The minimum Gasteiger partial charge on any atom is -0.494 e. The summed E-state index contributed by atoms with van der Waals surface area (Å²) in [4.78, 5) is 25.2. The number of benzene rings is 2. The molecule has 0 saturated carbocycles. The van der Waals surface area contributed by atoms with Crippen molar-refractivity contribution in [1.82, 2.24) is 10.2 Å². The molecule has 142 valence electrons. The molecule has 6 heteroatoms. The SMILES string of the molecule is NC(=O)c1ccc(OCCCN2CC(=O)N[C@@H](Cc3ccccc3)C2)cc1. The van der Waals surface area contributed by atoms with Gasteiger partial charge in [-0.1, -0.05) is 30.3 Å². The lowest BCUT2D eigenvalue weighted by molar-refractivity contribution is -0.125. The number of carbonyl (C=O) groups is 2. The first kappa shape index (κ1) is 18.9. The largest absolute Gasteiger partial charge is 0.494 e. The van der Waals surface area contributed by atoms with Crippen molar-refractivity contribution in [2.24, 2.45) is 5.73 Å². The molecule has 1 aliphatic heterocycles. The minimum absolute atomic E-state index is 0.0742. The Bertz CT molecular complexity index is 762. The van der Waals surface area contributed by atoms with Crippen LogP contribution < -0.4 is 15.8 Å². The maximum atomic E-state index is 12.0. The predicted octanol–water partition coefficient (Wildman–Crippen LogP) is 1.60. The van der Waals surface area contributed by atoms with E-state index in [0.29, 0.717) is 24.5 Å². The van der Waals surface area contributed by atoms with E-state index in [1.807, 2.05) is 18.2 Å². The standard InChI is InChI=1S/C21H25N3O3/c22-21(26)17-7-9-19(10-8-17)27-12-4-11-24-14-18(23-20(25)15-24)13-16-5-2-1-3-6-16/h1-3,5-10,18H,4,11-15H2,(H2,22,26)(H,23,25)/t18-/m0/s1. The molecule has 0 spiro atoms. The molecule has 0 unspecified atom stereocenters. The van der Waals surface area contributed by atoms with E-state index in [1.165, 1.54) is 5.56 Å².